The van der Waals surface area contributed by atoms with E-state index >= 15 is 0 Å². The highest BCUT2D eigenvalue weighted by Crippen LogP contribution is 2.22. The molecule has 0 bridgehead atoms. The van der Waals surface area contributed by atoms with E-state index in [9.17, 15) is 9.59 Å². The first kappa shape index (κ1) is 21.0. The van der Waals surface area contributed by atoms with Crippen LogP contribution in [-0.2, 0) is 4.79 Å². The fourth-order valence-corrected chi connectivity index (χ4v) is 3.11. The number of nitriles is 1. The quantitative estimate of drug-likeness (QED) is 0.615. The van der Waals surface area contributed by atoms with E-state index in [1.807, 2.05) is 36.6 Å². The number of halogens is 1. The van der Waals surface area contributed by atoms with Crippen LogP contribution in [0.3, 0.4) is 0 Å². The largest absolute Gasteiger partial charge is 0.484 e. The van der Waals surface area contributed by atoms with Gasteiger partial charge in [0.1, 0.15) is 5.75 Å². The Balaban J connectivity index is 1.59. The van der Waals surface area contributed by atoms with Crippen molar-refractivity contribution >= 4 is 23.4 Å². The number of carbonyl (C=O) groups excluding carboxylic acids is 2. The molecule has 0 atom stereocenters. The first-order chi connectivity index (χ1) is 14.4. The lowest BCUT2D eigenvalue weighted by molar-refractivity contribution is -0.123. The van der Waals surface area contributed by atoms with Crippen molar-refractivity contribution in [3.63, 3.8) is 0 Å². The van der Waals surface area contributed by atoms with Crippen LogP contribution in [0, 0.1) is 25.2 Å². The molecule has 2 N–H and O–H groups in total. The molecule has 152 valence electrons. The van der Waals surface area contributed by atoms with Gasteiger partial charge in [-0.15, -0.1) is 0 Å². The highest BCUT2D eigenvalue weighted by Gasteiger charge is 2.17. The van der Waals surface area contributed by atoms with Crippen LogP contribution in [0.2, 0.25) is 5.02 Å². The Bertz CT molecular complexity index is 1110. The van der Waals surface area contributed by atoms with E-state index in [-0.39, 0.29) is 6.61 Å². The van der Waals surface area contributed by atoms with Crippen molar-refractivity contribution < 1.29 is 14.3 Å². The van der Waals surface area contributed by atoms with Gasteiger partial charge in [-0.2, -0.15) is 5.26 Å². The Morgan fingerprint density at radius 2 is 1.73 bits per heavy atom. The highest BCUT2D eigenvalue weighted by atomic mass is 35.5. The lowest BCUT2D eigenvalue weighted by Crippen LogP contribution is -2.44. The molecule has 0 saturated carbocycles. The standard InChI is InChI=1S/C22H19ClN4O3/c1-14-11-20(15(2)27(14)18-7-5-17(23)6-8-18)22(29)26-25-21(28)13-30-19-9-3-16(12-24)4-10-19/h3-11H,13H2,1-2H3,(H,25,28)(H,26,29). The molecule has 0 fully saturated rings. The number of benzene rings is 2. The van der Waals surface area contributed by atoms with Crippen molar-refractivity contribution in [1.29, 1.82) is 5.26 Å². The van der Waals surface area contributed by atoms with Crippen LogP contribution in [0.4, 0.5) is 0 Å². The van der Waals surface area contributed by atoms with Crippen LogP contribution in [0.1, 0.15) is 27.3 Å². The summed E-state index contributed by atoms with van der Waals surface area (Å²) >= 11 is 5.95. The minimum absolute atomic E-state index is 0.282. The van der Waals surface area contributed by atoms with Gasteiger partial charge in [0.25, 0.3) is 11.8 Å². The van der Waals surface area contributed by atoms with Crippen molar-refractivity contribution in [2.45, 2.75) is 13.8 Å². The molecule has 0 aliphatic carbocycles. The number of amides is 2. The predicted molar refractivity (Wildman–Crippen MR) is 113 cm³/mol. The Hall–Kier alpha value is -3.76. The first-order valence-corrected chi connectivity index (χ1v) is 9.44. The number of aromatic nitrogens is 1. The first-order valence-electron chi connectivity index (χ1n) is 9.06. The number of carbonyl (C=O) groups is 2. The van der Waals surface area contributed by atoms with Crippen molar-refractivity contribution in [2.75, 3.05) is 6.61 Å². The van der Waals surface area contributed by atoms with Gasteiger partial charge in [-0.25, -0.2) is 0 Å². The van der Waals surface area contributed by atoms with Crippen LogP contribution in [-0.4, -0.2) is 23.0 Å². The lowest BCUT2D eigenvalue weighted by Gasteiger charge is -2.11. The van der Waals surface area contributed by atoms with Gasteiger partial charge in [0.2, 0.25) is 0 Å². The normalized spacial score (nSPS) is 10.2. The summed E-state index contributed by atoms with van der Waals surface area (Å²) in [5.41, 5.74) is 8.16. The number of nitrogens with one attached hydrogen (secondary N) is 2. The summed E-state index contributed by atoms with van der Waals surface area (Å²) in [5, 5.41) is 9.40. The molecule has 8 heteroatoms. The summed E-state index contributed by atoms with van der Waals surface area (Å²) in [6.45, 7) is 3.44. The van der Waals surface area contributed by atoms with Crippen molar-refractivity contribution in [2.24, 2.45) is 0 Å². The summed E-state index contributed by atoms with van der Waals surface area (Å²) in [4.78, 5) is 24.5. The number of ether oxygens (including phenoxy) is 1. The van der Waals surface area contributed by atoms with Gasteiger partial charge in [-0.05, 0) is 68.4 Å². The van der Waals surface area contributed by atoms with Gasteiger partial charge in [0.05, 0.1) is 17.2 Å². The molecule has 0 aliphatic heterocycles. The molecule has 0 spiro atoms. The molecule has 0 unspecified atom stereocenters. The molecule has 1 aromatic heterocycles. The van der Waals surface area contributed by atoms with Gasteiger partial charge < -0.3 is 9.30 Å². The summed E-state index contributed by atoms with van der Waals surface area (Å²) < 4.78 is 7.26. The Kier molecular flexibility index (Phi) is 6.40. The van der Waals surface area contributed by atoms with Gasteiger partial charge >= 0.3 is 0 Å². The monoisotopic (exact) mass is 422 g/mol. The Labute approximate surface area is 178 Å². The van der Waals surface area contributed by atoms with Crippen LogP contribution in [0.5, 0.6) is 5.75 Å². The summed E-state index contributed by atoms with van der Waals surface area (Å²) in [7, 11) is 0. The molecule has 7 nitrogen and oxygen atoms in total. The minimum atomic E-state index is -0.515. The maximum Gasteiger partial charge on any atom is 0.276 e. The smallest absolute Gasteiger partial charge is 0.276 e. The van der Waals surface area contributed by atoms with E-state index < -0.39 is 11.8 Å². The number of nitrogens with zero attached hydrogens (tertiary/aromatic N) is 2. The van der Waals surface area contributed by atoms with Gasteiger partial charge in [-0.3, -0.25) is 20.4 Å². The second kappa shape index (κ2) is 9.16. The van der Waals surface area contributed by atoms with Crippen molar-refractivity contribution in [3.05, 3.63) is 82.1 Å². The summed E-state index contributed by atoms with van der Waals surface area (Å²) in [6, 6.07) is 17.4. The zero-order valence-electron chi connectivity index (χ0n) is 16.4. The minimum Gasteiger partial charge on any atom is -0.484 e. The lowest BCUT2D eigenvalue weighted by atomic mass is 10.2. The molecule has 3 aromatic rings. The molecule has 0 aliphatic rings. The number of aryl methyl sites for hydroxylation is 1. The van der Waals surface area contributed by atoms with Gasteiger partial charge in [0.15, 0.2) is 6.61 Å². The topological polar surface area (TPSA) is 96.2 Å². The molecular formula is C22H19ClN4O3. The number of rotatable bonds is 5. The van der Waals surface area contributed by atoms with Crippen molar-refractivity contribution in [1.82, 2.24) is 15.4 Å². The molecule has 2 aromatic carbocycles. The van der Waals surface area contributed by atoms with Crippen LogP contribution < -0.4 is 15.6 Å². The fourth-order valence-electron chi connectivity index (χ4n) is 2.98. The van der Waals surface area contributed by atoms with E-state index in [1.54, 1.807) is 42.5 Å². The molecule has 3 rings (SSSR count). The molecule has 0 radical (unpaired) electrons. The van der Waals surface area contributed by atoms with Crippen LogP contribution in [0.25, 0.3) is 5.69 Å². The fraction of sp³-hybridized carbons (Fsp3) is 0.136. The van der Waals surface area contributed by atoms with Gasteiger partial charge in [-0.1, -0.05) is 11.6 Å². The highest BCUT2D eigenvalue weighted by molar-refractivity contribution is 6.30. The molecule has 30 heavy (non-hydrogen) atoms. The third kappa shape index (κ3) is 4.80. The maximum absolute atomic E-state index is 12.5. The third-order valence-electron chi connectivity index (χ3n) is 4.43. The number of hydrogen-bond donors (Lipinski definition) is 2. The van der Waals surface area contributed by atoms with E-state index in [2.05, 4.69) is 10.9 Å². The predicted octanol–water partition coefficient (Wildman–Crippen LogP) is 3.46. The Morgan fingerprint density at radius 3 is 2.37 bits per heavy atom. The van der Waals surface area contributed by atoms with Crippen molar-refractivity contribution in [3.8, 4) is 17.5 Å². The van der Waals surface area contributed by atoms with Crippen LogP contribution >= 0.6 is 11.6 Å². The van der Waals surface area contributed by atoms with E-state index in [4.69, 9.17) is 21.6 Å². The van der Waals surface area contributed by atoms with E-state index in [0.29, 0.717) is 21.9 Å². The molecular weight excluding hydrogens is 404 g/mol. The van der Waals surface area contributed by atoms with E-state index in [1.165, 1.54) is 0 Å². The van der Waals surface area contributed by atoms with Gasteiger partial charge in [0, 0.05) is 22.1 Å². The average molecular weight is 423 g/mol. The third-order valence-corrected chi connectivity index (χ3v) is 4.68. The summed E-state index contributed by atoms with van der Waals surface area (Å²) in [6.07, 6.45) is 0. The Morgan fingerprint density at radius 1 is 1.07 bits per heavy atom. The zero-order valence-corrected chi connectivity index (χ0v) is 17.2. The number of hydrazine groups is 1. The number of hydrogen-bond acceptors (Lipinski definition) is 4. The molecule has 0 saturated heterocycles. The SMILES string of the molecule is Cc1cc(C(=O)NNC(=O)COc2ccc(C#N)cc2)c(C)n1-c1ccc(Cl)cc1. The second-order valence-electron chi connectivity index (χ2n) is 6.52. The molecule has 1 heterocycles. The molecule has 2 amide bonds. The average Bonchev–Trinajstić information content (AvgIpc) is 3.05. The zero-order chi connectivity index (χ0) is 21.7. The van der Waals surface area contributed by atoms with Crippen LogP contribution in [0.15, 0.2) is 54.6 Å². The maximum atomic E-state index is 12.5. The summed E-state index contributed by atoms with van der Waals surface area (Å²) in [5.74, 6) is -0.503. The second-order valence-corrected chi connectivity index (χ2v) is 6.96. The van der Waals surface area contributed by atoms with E-state index in [0.717, 1.165) is 17.1 Å².